The average Bonchev–Trinajstić information content (AvgIpc) is 2.81. The van der Waals surface area contributed by atoms with Gasteiger partial charge < -0.3 is 14.8 Å². The molecule has 0 radical (unpaired) electrons. The Bertz CT molecular complexity index is 1030. The van der Waals surface area contributed by atoms with Crippen LogP contribution in [0.5, 0.6) is 5.75 Å². The standard InChI is InChI=1S/C32H43NO2/c1-31(2)18-25(19-32(3,4)21-31)29-11-7-24-17-27(35)10-12-28(24)30(29)23-5-8-26(9-6-23)33-15-13-22(20-34)14-16-33/h5-6,8-10,12,17,20,22,25,29-30,35H,7,11,13-16,18-19,21H2,1-4H3/t29-,30-/m0/s1. The first-order chi connectivity index (χ1) is 16.6. The van der Waals surface area contributed by atoms with Gasteiger partial charge in [-0.25, -0.2) is 0 Å². The highest BCUT2D eigenvalue weighted by molar-refractivity contribution is 5.56. The average molecular weight is 474 g/mol. The van der Waals surface area contributed by atoms with Crippen LogP contribution in [-0.2, 0) is 11.2 Å². The summed E-state index contributed by atoms with van der Waals surface area (Å²) in [4.78, 5) is 13.6. The Hall–Kier alpha value is -2.29. The van der Waals surface area contributed by atoms with Gasteiger partial charge in [-0.1, -0.05) is 45.9 Å². The van der Waals surface area contributed by atoms with Crippen LogP contribution in [0.1, 0.15) is 88.8 Å². The number of phenolic OH excluding ortho intramolecular Hbond substituents is 1. The molecule has 1 heterocycles. The number of carbonyl (C=O) groups excluding carboxylic acids is 1. The summed E-state index contributed by atoms with van der Waals surface area (Å²) in [5.41, 5.74) is 6.18. The molecular weight excluding hydrogens is 430 g/mol. The third-order valence-electron chi connectivity index (χ3n) is 9.18. The second kappa shape index (κ2) is 9.30. The zero-order valence-electron chi connectivity index (χ0n) is 22.1. The molecule has 3 nitrogen and oxygen atoms in total. The van der Waals surface area contributed by atoms with Gasteiger partial charge in [0.25, 0.3) is 0 Å². The van der Waals surface area contributed by atoms with Gasteiger partial charge in [0.2, 0.25) is 0 Å². The predicted octanol–water partition coefficient (Wildman–Crippen LogP) is 7.35. The lowest BCUT2D eigenvalue weighted by Crippen LogP contribution is -2.39. The number of piperidine rings is 1. The number of hydrogen-bond donors (Lipinski definition) is 1. The van der Waals surface area contributed by atoms with Crippen molar-refractivity contribution in [1.29, 1.82) is 0 Å². The van der Waals surface area contributed by atoms with Crippen LogP contribution < -0.4 is 4.90 Å². The van der Waals surface area contributed by atoms with Crippen molar-refractivity contribution in [2.45, 2.75) is 78.6 Å². The van der Waals surface area contributed by atoms with Crippen LogP contribution in [0, 0.1) is 28.6 Å². The van der Waals surface area contributed by atoms with Gasteiger partial charge in [0.15, 0.2) is 0 Å². The number of hydrogen-bond acceptors (Lipinski definition) is 3. The molecule has 35 heavy (non-hydrogen) atoms. The molecule has 3 aliphatic rings. The lowest BCUT2D eigenvalue weighted by atomic mass is 9.55. The molecule has 1 aliphatic heterocycles. The van der Waals surface area contributed by atoms with E-state index in [1.165, 1.54) is 48.1 Å². The van der Waals surface area contributed by atoms with Crippen molar-refractivity contribution in [1.82, 2.24) is 0 Å². The normalized spacial score (nSPS) is 26.8. The van der Waals surface area contributed by atoms with E-state index < -0.39 is 0 Å². The summed E-state index contributed by atoms with van der Waals surface area (Å²) in [6, 6.07) is 15.4. The molecule has 0 spiro atoms. The summed E-state index contributed by atoms with van der Waals surface area (Å²) in [5.74, 6) is 2.33. The zero-order valence-corrected chi connectivity index (χ0v) is 22.1. The van der Waals surface area contributed by atoms with Gasteiger partial charge in [-0.3, -0.25) is 0 Å². The largest absolute Gasteiger partial charge is 0.508 e. The van der Waals surface area contributed by atoms with Gasteiger partial charge in [0.05, 0.1) is 0 Å². The number of carbonyl (C=O) groups is 1. The number of aldehydes is 1. The van der Waals surface area contributed by atoms with Gasteiger partial charge in [0.1, 0.15) is 12.0 Å². The van der Waals surface area contributed by atoms with Crippen LogP contribution in [0.3, 0.4) is 0 Å². The van der Waals surface area contributed by atoms with Crippen LogP contribution in [0.15, 0.2) is 42.5 Å². The Balaban J connectivity index is 1.46. The zero-order chi connectivity index (χ0) is 24.8. The van der Waals surface area contributed by atoms with E-state index in [0.717, 1.165) is 38.6 Å². The molecule has 0 bridgehead atoms. The van der Waals surface area contributed by atoms with Crippen molar-refractivity contribution in [3.63, 3.8) is 0 Å². The minimum Gasteiger partial charge on any atom is -0.508 e. The van der Waals surface area contributed by atoms with Crippen LogP contribution in [0.2, 0.25) is 0 Å². The van der Waals surface area contributed by atoms with E-state index in [2.05, 4.69) is 62.9 Å². The minimum absolute atomic E-state index is 0.227. The molecule has 2 atom stereocenters. The van der Waals surface area contributed by atoms with E-state index in [9.17, 15) is 9.90 Å². The van der Waals surface area contributed by atoms with Crippen LogP contribution in [0.25, 0.3) is 0 Å². The fraction of sp³-hybridized carbons (Fsp3) is 0.594. The Morgan fingerprint density at radius 2 is 1.57 bits per heavy atom. The first kappa shape index (κ1) is 24.4. The number of anilines is 1. The van der Waals surface area contributed by atoms with Crippen molar-refractivity contribution in [3.8, 4) is 5.75 Å². The van der Waals surface area contributed by atoms with Crippen LogP contribution in [0.4, 0.5) is 5.69 Å². The van der Waals surface area contributed by atoms with E-state index in [1.807, 2.05) is 12.1 Å². The van der Waals surface area contributed by atoms with E-state index in [0.29, 0.717) is 34.3 Å². The summed E-state index contributed by atoms with van der Waals surface area (Å²) in [6.45, 7) is 11.8. The Kier molecular flexibility index (Phi) is 6.48. The van der Waals surface area contributed by atoms with Gasteiger partial charge in [0, 0.05) is 30.6 Å². The Labute approximate surface area is 211 Å². The quantitative estimate of drug-likeness (QED) is 0.472. The number of aryl methyl sites for hydroxylation is 1. The van der Waals surface area contributed by atoms with Gasteiger partial charge in [-0.2, -0.15) is 0 Å². The summed E-state index contributed by atoms with van der Waals surface area (Å²) in [6.07, 6.45) is 9.20. The number of nitrogens with zero attached hydrogens (tertiary/aromatic N) is 1. The molecule has 2 aromatic rings. The summed E-state index contributed by atoms with van der Waals surface area (Å²) >= 11 is 0. The number of aromatic hydroxyl groups is 1. The summed E-state index contributed by atoms with van der Waals surface area (Å²) in [7, 11) is 0. The number of benzene rings is 2. The first-order valence-corrected chi connectivity index (χ1v) is 13.8. The number of rotatable bonds is 4. The van der Waals surface area contributed by atoms with Crippen molar-refractivity contribution in [3.05, 3.63) is 59.2 Å². The van der Waals surface area contributed by atoms with Crippen LogP contribution in [-0.4, -0.2) is 24.5 Å². The molecule has 1 saturated heterocycles. The second-order valence-corrected chi connectivity index (χ2v) is 13.3. The van der Waals surface area contributed by atoms with E-state index in [4.69, 9.17) is 0 Å². The monoisotopic (exact) mass is 473 g/mol. The Morgan fingerprint density at radius 3 is 2.20 bits per heavy atom. The molecule has 1 N–H and O–H groups in total. The van der Waals surface area contributed by atoms with E-state index in [-0.39, 0.29) is 5.92 Å². The topological polar surface area (TPSA) is 40.5 Å². The number of phenols is 1. The SMILES string of the molecule is CC1(C)CC([C@@H]2CCc3cc(O)ccc3[C@@H]2c2ccc(N3CCC(C=O)CC3)cc2)CC(C)(C)C1. The molecular formula is C32H43NO2. The van der Waals surface area contributed by atoms with Crippen LogP contribution >= 0.6 is 0 Å². The fourth-order valence-corrected chi connectivity index (χ4v) is 8.19. The smallest absolute Gasteiger partial charge is 0.123 e. The lowest BCUT2D eigenvalue weighted by molar-refractivity contribution is -0.111. The lowest BCUT2D eigenvalue weighted by Gasteiger charge is -2.50. The highest BCUT2D eigenvalue weighted by Gasteiger charge is 2.44. The third kappa shape index (κ3) is 5.15. The molecule has 3 heteroatoms. The van der Waals surface area contributed by atoms with Crippen molar-refractivity contribution in [2.75, 3.05) is 18.0 Å². The van der Waals surface area contributed by atoms with Gasteiger partial charge >= 0.3 is 0 Å². The maximum atomic E-state index is 11.2. The first-order valence-electron chi connectivity index (χ1n) is 13.8. The number of fused-ring (bicyclic) bond motifs is 1. The Morgan fingerprint density at radius 1 is 0.914 bits per heavy atom. The van der Waals surface area contributed by atoms with Gasteiger partial charge in [-0.05, 0) is 109 Å². The van der Waals surface area contributed by atoms with Crippen molar-refractivity contribution >= 4 is 12.0 Å². The van der Waals surface area contributed by atoms with Crippen molar-refractivity contribution in [2.24, 2.45) is 28.6 Å². The molecule has 2 aliphatic carbocycles. The molecule has 1 saturated carbocycles. The predicted molar refractivity (Wildman–Crippen MR) is 144 cm³/mol. The maximum absolute atomic E-state index is 11.2. The van der Waals surface area contributed by atoms with Gasteiger partial charge in [-0.15, -0.1) is 0 Å². The van der Waals surface area contributed by atoms with E-state index in [1.54, 1.807) is 0 Å². The molecule has 0 aromatic heterocycles. The fourth-order valence-electron chi connectivity index (χ4n) is 8.19. The maximum Gasteiger partial charge on any atom is 0.123 e. The molecule has 0 unspecified atom stereocenters. The highest BCUT2D eigenvalue weighted by atomic mass is 16.3. The minimum atomic E-state index is 0.227. The summed E-state index contributed by atoms with van der Waals surface area (Å²) in [5, 5.41) is 10.2. The summed E-state index contributed by atoms with van der Waals surface area (Å²) < 4.78 is 0. The molecule has 2 fully saturated rings. The molecule has 2 aromatic carbocycles. The third-order valence-corrected chi connectivity index (χ3v) is 9.18. The molecule has 188 valence electrons. The second-order valence-electron chi connectivity index (χ2n) is 13.3. The molecule has 0 amide bonds. The van der Waals surface area contributed by atoms with E-state index >= 15 is 0 Å². The van der Waals surface area contributed by atoms with Crippen molar-refractivity contribution < 1.29 is 9.90 Å². The highest BCUT2D eigenvalue weighted by Crippen LogP contribution is 2.55. The molecule has 5 rings (SSSR count).